The highest BCUT2D eigenvalue weighted by molar-refractivity contribution is 5.78. The number of nitro benzene ring substituents is 1. The molecule has 1 aliphatic heterocycles. The minimum atomic E-state index is -0.715. The Labute approximate surface area is 109 Å². The largest absolute Gasteiger partial charge is 0.468 e. The van der Waals surface area contributed by atoms with E-state index in [1.54, 1.807) is 11.0 Å². The molecule has 7 nitrogen and oxygen atoms in total. The number of hydrogen-bond acceptors (Lipinski definition) is 6. The molecular formula is C12H14N2O5. The van der Waals surface area contributed by atoms with Crippen LogP contribution in [-0.2, 0) is 9.53 Å². The maximum absolute atomic E-state index is 11.8. The van der Waals surface area contributed by atoms with Crippen LogP contribution in [0.3, 0.4) is 0 Å². The van der Waals surface area contributed by atoms with Crippen molar-refractivity contribution in [3.63, 3.8) is 0 Å². The van der Waals surface area contributed by atoms with Crippen LogP contribution in [0.2, 0.25) is 0 Å². The Morgan fingerprint density at radius 2 is 2.26 bits per heavy atom. The van der Waals surface area contributed by atoms with Crippen molar-refractivity contribution in [2.45, 2.75) is 12.1 Å². The standard InChI is InChI=1S/C12H14N2O5/c1-19-12(16)11(13-6-10(15)7-13)8-3-2-4-9(5-8)14(17)18/h2-5,10-11,15H,6-7H2,1H3. The number of esters is 1. The number of benzene rings is 1. The van der Waals surface area contributed by atoms with E-state index in [1.807, 2.05) is 0 Å². The molecule has 0 saturated carbocycles. The van der Waals surface area contributed by atoms with Gasteiger partial charge < -0.3 is 9.84 Å². The van der Waals surface area contributed by atoms with Crippen LogP contribution in [0.1, 0.15) is 11.6 Å². The summed E-state index contributed by atoms with van der Waals surface area (Å²) in [6.45, 7) is 0.699. The number of likely N-dealkylation sites (tertiary alicyclic amines) is 1. The number of nitro groups is 1. The molecule has 1 atom stereocenters. The Kier molecular flexibility index (Phi) is 3.77. The van der Waals surface area contributed by atoms with E-state index >= 15 is 0 Å². The van der Waals surface area contributed by atoms with Crippen molar-refractivity contribution in [3.8, 4) is 0 Å². The fourth-order valence-electron chi connectivity index (χ4n) is 2.11. The second-order valence-corrected chi connectivity index (χ2v) is 4.39. The summed E-state index contributed by atoms with van der Waals surface area (Å²) in [6, 6.07) is 5.17. The van der Waals surface area contributed by atoms with Crippen LogP contribution >= 0.6 is 0 Å². The Bertz CT molecular complexity index is 499. The van der Waals surface area contributed by atoms with Gasteiger partial charge in [0, 0.05) is 25.2 Å². The molecule has 2 rings (SSSR count). The van der Waals surface area contributed by atoms with Crippen LogP contribution in [0, 0.1) is 10.1 Å². The topological polar surface area (TPSA) is 92.9 Å². The lowest BCUT2D eigenvalue weighted by molar-refractivity contribution is -0.384. The molecule has 1 aliphatic rings. The van der Waals surface area contributed by atoms with Crippen molar-refractivity contribution in [1.82, 2.24) is 4.90 Å². The normalized spacial score (nSPS) is 17.6. The molecule has 0 aliphatic carbocycles. The summed E-state index contributed by atoms with van der Waals surface area (Å²) in [5.41, 5.74) is 0.417. The number of carbonyl (C=O) groups excluding carboxylic acids is 1. The minimum absolute atomic E-state index is 0.0764. The molecule has 0 bridgehead atoms. The number of rotatable bonds is 4. The fraction of sp³-hybridized carbons (Fsp3) is 0.417. The molecule has 1 fully saturated rings. The van der Waals surface area contributed by atoms with Crippen molar-refractivity contribution >= 4 is 11.7 Å². The summed E-state index contributed by atoms with van der Waals surface area (Å²) in [5.74, 6) is -0.493. The average molecular weight is 266 g/mol. The monoisotopic (exact) mass is 266 g/mol. The molecule has 0 aromatic heterocycles. The van der Waals surface area contributed by atoms with Crippen molar-refractivity contribution < 1.29 is 19.6 Å². The minimum Gasteiger partial charge on any atom is -0.468 e. The molecule has 1 unspecified atom stereocenters. The van der Waals surface area contributed by atoms with Crippen molar-refractivity contribution in [3.05, 3.63) is 39.9 Å². The van der Waals surface area contributed by atoms with Gasteiger partial charge in [0.05, 0.1) is 18.1 Å². The van der Waals surface area contributed by atoms with Gasteiger partial charge in [0.2, 0.25) is 0 Å². The van der Waals surface area contributed by atoms with Gasteiger partial charge in [0.1, 0.15) is 6.04 Å². The molecular weight excluding hydrogens is 252 g/mol. The van der Waals surface area contributed by atoms with Gasteiger partial charge >= 0.3 is 5.97 Å². The van der Waals surface area contributed by atoms with Gasteiger partial charge in [-0.1, -0.05) is 12.1 Å². The second kappa shape index (κ2) is 5.33. The van der Waals surface area contributed by atoms with E-state index in [1.165, 1.54) is 25.3 Å². The van der Waals surface area contributed by atoms with Gasteiger partial charge in [-0.2, -0.15) is 0 Å². The first kappa shape index (κ1) is 13.4. The van der Waals surface area contributed by atoms with Crippen molar-refractivity contribution in [2.24, 2.45) is 0 Å². The Hall–Kier alpha value is -1.99. The zero-order chi connectivity index (χ0) is 14.0. The zero-order valence-electron chi connectivity index (χ0n) is 10.4. The number of carbonyl (C=O) groups is 1. The molecule has 1 N–H and O–H groups in total. The molecule has 0 radical (unpaired) electrons. The van der Waals surface area contributed by atoms with Crippen LogP contribution in [0.15, 0.2) is 24.3 Å². The molecule has 1 heterocycles. The highest BCUT2D eigenvalue weighted by Gasteiger charge is 2.37. The molecule has 0 amide bonds. The maximum atomic E-state index is 11.8. The molecule has 102 valence electrons. The van der Waals surface area contributed by atoms with Crippen LogP contribution in [-0.4, -0.2) is 47.2 Å². The summed E-state index contributed by atoms with van der Waals surface area (Å²) in [6.07, 6.45) is -0.467. The van der Waals surface area contributed by atoms with Crippen molar-refractivity contribution in [2.75, 3.05) is 20.2 Å². The average Bonchev–Trinajstić information content (AvgIpc) is 2.37. The highest BCUT2D eigenvalue weighted by Crippen LogP contribution is 2.29. The first-order valence-electron chi connectivity index (χ1n) is 5.77. The van der Waals surface area contributed by atoms with E-state index in [0.29, 0.717) is 18.7 Å². The number of methoxy groups -OCH3 is 1. The van der Waals surface area contributed by atoms with Gasteiger partial charge in [-0.3, -0.25) is 15.0 Å². The quantitative estimate of drug-likeness (QED) is 0.484. The number of nitrogens with zero attached hydrogens (tertiary/aromatic N) is 2. The predicted molar refractivity (Wildman–Crippen MR) is 65.4 cm³/mol. The molecule has 19 heavy (non-hydrogen) atoms. The van der Waals surface area contributed by atoms with E-state index in [-0.39, 0.29) is 5.69 Å². The van der Waals surface area contributed by atoms with Crippen LogP contribution in [0.25, 0.3) is 0 Å². The number of aliphatic hydroxyl groups is 1. The van der Waals surface area contributed by atoms with Gasteiger partial charge in [-0.15, -0.1) is 0 Å². The van der Waals surface area contributed by atoms with E-state index in [0.717, 1.165) is 0 Å². The second-order valence-electron chi connectivity index (χ2n) is 4.39. The number of non-ortho nitro benzene ring substituents is 1. The predicted octanol–water partition coefficient (Wildman–Crippen LogP) is 0.485. The first-order chi connectivity index (χ1) is 9.02. The van der Waals surface area contributed by atoms with Gasteiger partial charge in [0.25, 0.3) is 5.69 Å². The van der Waals surface area contributed by atoms with Crippen LogP contribution in [0.5, 0.6) is 0 Å². The third-order valence-corrected chi connectivity index (χ3v) is 3.08. The molecule has 0 spiro atoms. The fourth-order valence-corrected chi connectivity index (χ4v) is 2.11. The highest BCUT2D eigenvalue weighted by atomic mass is 16.6. The number of ether oxygens (including phenoxy) is 1. The SMILES string of the molecule is COC(=O)C(c1cccc([N+](=O)[O-])c1)N1CC(O)C1. The lowest BCUT2D eigenvalue weighted by Gasteiger charge is -2.40. The third kappa shape index (κ3) is 2.72. The summed E-state index contributed by atoms with van der Waals surface area (Å²) in [5, 5.41) is 20.1. The summed E-state index contributed by atoms with van der Waals surface area (Å²) >= 11 is 0. The van der Waals surface area contributed by atoms with Crippen LogP contribution < -0.4 is 0 Å². The summed E-state index contributed by atoms with van der Waals surface area (Å²) in [4.78, 5) is 23.8. The van der Waals surface area contributed by atoms with Gasteiger partial charge in [-0.05, 0) is 5.56 Å². The Morgan fingerprint density at radius 1 is 1.58 bits per heavy atom. The van der Waals surface area contributed by atoms with Gasteiger partial charge in [-0.25, -0.2) is 4.79 Å². The third-order valence-electron chi connectivity index (χ3n) is 3.08. The number of β-amino-alcohol motifs (C(OH)–C–C–N with tert-alkyl or cyclic N) is 1. The lowest BCUT2D eigenvalue weighted by atomic mass is 10.00. The Balaban J connectivity index is 2.30. The molecule has 1 aromatic carbocycles. The zero-order valence-corrected chi connectivity index (χ0v) is 10.4. The Morgan fingerprint density at radius 3 is 2.79 bits per heavy atom. The van der Waals surface area contributed by atoms with E-state index in [4.69, 9.17) is 4.74 Å². The number of hydrogen-bond donors (Lipinski definition) is 1. The molecule has 1 saturated heterocycles. The van der Waals surface area contributed by atoms with E-state index < -0.39 is 23.0 Å². The lowest BCUT2D eigenvalue weighted by Crippen LogP contribution is -2.54. The molecule has 7 heteroatoms. The van der Waals surface area contributed by atoms with Crippen LogP contribution in [0.4, 0.5) is 5.69 Å². The summed E-state index contributed by atoms with van der Waals surface area (Å²) < 4.78 is 4.73. The molecule has 1 aromatic rings. The smallest absolute Gasteiger partial charge is 0.327 e. The van der Waals surface area contributed by atoms with E-state index in [2.05, 4.69) is 0 Å². The first-order valence-corrected chi connectivity index (χ1v) is 5.77. The maximum Gasteiger partial charge on any atom is 0.327 e. The van der Waals surface area contributed by atoms with E-state index in [9.17, 15) is 20.0 Å². The van der Waals surface area contributed by atoms with Gasteiger partial charge in [0.15, 0.2) is 0 Å². The van der Waals surface area contributed by atoms with Crippen molar-refractivity contribution in [1.29, 1.82) is 0 Å². The summed E-state index contributed by atoms with van der Waals surface area (Å²) in [7, 11) is 1.27. The number of aliphatic hydroxyl groups excluding tert-OH is 1.